The molecule has 1 aliphatic rings. The standard InChI is InChI=1S/C13H26N2O2.ClH/c1-5-13(7-6-8-14-13)12(16)15(3)9-11(2)10-17-4;/h11,14H,5-10H2,1-4H3;1H. The molecule has 1 aliphatic heterocycles. The lowest BCUT2D eigenvalue weighted by molar-refractivity contribution is -0.137. The largest absolute Gasteiger partial charge is 0.384 e. The normalized spacial score (nSPS) is 24.4. The van der Waals surface area contributed by atoms with Gasteiger partial charge >= 0.3 is 0 Å². The maximum Gasteiger partial charge on any atom is 0.242 e. The van der Waals surface area contributed by atoms with Gasteiger partial charge in [-0.05, 0) is 31.7 Å². The van der Waals surface area contributed by atoms with Crippen LogP contribution in [-0.4, -0.2) is 50.2 Å². The van der Waals surface area contributed by atoms with Gasteiger partial charge < -0.3 is 15.0 Å². The summed E-state index contributed by atoms with van der Waals surface area (Å²) in [7, 11) is 3.59. The maximum atomic E-state index is 12.5. The maximum absolute atomic E-state index is 12.5. The number of methoxy groups -OCH3 is 1. The summed E-state index contributed by atoms with van der Waals surface area (Å²) in [5.74, 6) is 0.615. The van der Waals surface area contributed by atoms with Crippen molar-refractivity contribution in [3.05, 3.63) is 0 Å². The van der Waals surface area contributed by atoms with Gasteiger partial charge in [-0.25, -0.2) is 0 Å². The highest BCUT2D eigenvalue weighted by molar-refractivity contribution is 5.86. The molecule has 0 spiro atoms. The van der Waals surface area contributed by atoms with Crippen molar-refractivity contribution < 1.29 is 9.53 Å². The van der Waals surface area contributed by atoms with Gasteiger partial charge in [-0.3, -0.25) is 4.79 Å². The molecule has 1 rings (SSSR count). The molecule has 0 radical (unpaired) electrons. The van der Waals surface area contributed by atoms with Crippen LogP contribution in [0.2, 0.25) is 0 Å². The van der Waals surface area contributed by atoms with E-state index < -0.39 is 0 Å². The second-order valence-corrected chi connectivity index (χ2v) is 5.21. The summed E-state index contributed by atoms with van der Waals surface area (Å²) >= 11 is 0. The molecule has 0 bridgehead atoms. The highest BCUT2D eigenvalue weighted by atomic mass is 35.5. The summed E-state index contributed by atoms with van der Waals surface area (Å²) in [6.45, 7) is 6.61. The first-order valence-corrected chi connectivity index (χ1v) is 6.55. The van der Waals surface area contributed by atoms with E-state index in [1.165, 1.54) is 0 Å². The van der Waals surface area contributed by atoms with Crippen LogP contribution in [0.3, 0.4) is 0 Å². The SMILES string of the molecule is CCC1(C(=O)N(C)CC(C)COC)CCCN1.Cl. The number of ether oxygens (including phenoxy) is 1. The molecule has 1 saturated heterocycles. The molecule has 18 heavy (non-hydrogen) atoms. The van der Waals surface area contributed by atoms with Gasteiger partial charge in [0.25, 0.3) is 0 Å². The van der Waals surface area contributed by atoms with Gasteiger partial charge in [0.2, 0.25) is 5.91 Å². The second-order valence-electron chi connectivity index (χ2n) is 5.21. The van der Waals surface area contributed by atoms with Crippen molar-refractivity contribution in [2.24, 2.45) is 5.92 Å². The minimum absolute atomic E-state index is 0. The van der Waals surface area contributed by atoms with E-state index in [1.54, 1.807) is 7.11 Å². The van der Waals surface area contributed by atoms with Gasteiger partial charge in [-0.15, -0.1) is 12.4 Å². The average molecular weight is 279 g/mol. The number of halogens is 1. The molecule has 0 aliphatic carbocycles. The third kappa shape index (κ3) is 4.11. The van der Waals surface area contributed by atoms with Crippen LogP contribution in [0.25, 0.3) is 0 Å². The Bertz CT molecular complexity index is 255. The summed E-state index contributed by atoms with van der Waals surface area (Å²) in [6.07, 6.45) is 2.93. The Morgan fingerprint density at radius 2 is 2.22 bits per heavy atom. The van der Waals surface area contributed by atoms with Crippen LogP contribution in [-0.2, 0) is 9.53 Å². The molecule has 0 aromatic rings. The Labute approximate surface area is 117 Å². The fraction of sp³-hybridized carbons (Fsp3) is 0.923. The van der Waals surface area contributed by atoms with Crippen LogP contribution in [0.15, 0.2) is 0 Å². The fourth-order valence-corrected chi connectivity index (χ4v) is 2.69. The monoisotopic (exact) mass is 278 g/mol. The molecular formula is C13H27ClN2O2. The van der Waals surface area contributed by atoms with Crippen molar-refractivity contribution in [2.45, 2.75) is 38.6 Å². The van der Waals surface area contributed by atoms with Crippen LogP contribution in [0.4, 0.5) is 0 Å². The summed E-state index contributed by atoms with van der Waals surface area (Å²) in [4.78, 5) is 14.3. The van der Waals surface area contributed by atoms with Gasteiger partial charge in [-0.1, -0.05) is 13.8 Å². The predicted molar refractivity (Wildman–Crippen MR) is 76.2 cm³/mol. The number of amides is 1. The second kappa shape index (κ2) is 7.97. The molecule has 1 heterocycles. The molecule has 5 heteroatoms. The number of carbonyl (C=O) groups is 1. The fourth-order valence-electron chi connectivity index (χ4n) is 2.69. The quantitative estimate of drug-likeness (QED) is 0.804. The first-order chi connectivity index (χ1) is 8.05. The lowest BCUT2D eigenvalue weighted by atomic mass is 9.92. The van der Waals surface area contributed by atoms with E-state index in [0.717, 1.165) is 32.4 Å². The van der Waals surface area contributed by atoms with Crippen molar-refractivity contribution in [1.82, 2.24) is 10.2 Å². The molecule has 2 atom stereocenters. The van der Waals surface area contributed by atoms with Crippen LogP contribution < -0.4 is 5.32 Å². The zero-order valence-corrected chi connectivity index (χ0v) is 12.8. The molecule has 108 valence electrons. The van der Waals surface area contributed by atoms with Crippen molar-refractivity contribution in [1.29, 1.82) is 0 Å². The van der Waals surface area contributed by atoms with E-state index in [9.17, 15) is 4.79 Å². The van der Waals surface area contributed by atoms with Gasteiger partial charge in [0.1, 0.15) is 0 Å². The third-order valence-corrected chi connectivity index (χ3v) is 3.64. The number of hydrogen-bond donors (Lipinski definition) is 1. The van der Waals surface area contributed by atoms with Gasteiger partial charge in [0, 0.05) is 20.7 Å². The molecule has 1 amide bonds. The van der Waals surface area contributed by atoms with E-state index in [1.807, 2.05) is 11.9 Å². The van der Waals surface area contributed by atoms with Crippen molar-refractivity contribution >= 4 is 18.3 Å². The van der Waals surface area contributed by atoms with Gasteiger partial charge in [-0.2, -0.15) is 0 Å². The lowest BCUT2D eigenvalue weighted by Gasteiger charge is -2.33. The Morgan fingerprint density at radius 3 is 2.67 bits per heavy atom. The molecule has 0 aromatic heterocycles. The number of nitrogens with one attached hydrogen (secondary N) is 1. The molecule has 2 unspecified atom stereocenters. The van der Waals surface area contributed by atoms with Gasteiger partial charge in [0.15, 0.2) is 0 Å². The summed E-state index contributed by atoms with van der Waals surface area (Å²) in [5.41, 5.74) is -0.304. The smallest absolute Gasteiger partial charge is 0.242 e. The Balaban J connectivity index is 0.00000289. The summed E-state index contributed by atoms with van der Waals surface area (Å²) in [6, 6.07) is 0. The number of hydrogen-bond acceptors (Lipinski definition) is 3. The Kier molecular flexibility index (Phi) is 7.83. The topological polar surface area (TPSA) is 41.6 Å². The highest BCUT2D eigenvalue weighted by Crippen LogP contribution is 2.25. The number of likely N-dealkylation sites (N-methyl/N-ethyl adjacent to an activating group) is 1. The van der Waals surface area contributed by atoms with Crippen molar-refractivity contribution in [2.75, 3.05) is 33.9 Å². The molecule has 4 nitrogen and oxygen atoms in total. The predicted octanol–water partition coefficient (Wildman–Crippen LogP) is 1.68. The van der Waals surface area contributed by atoms with Crippen LogP contribution in [0.5, 0.6) is 0 Å². The summed E-state index contributed by atoms with van der Waals surface area (Å²) < 4.78 is 5.11. The molecular weight excluding hydrogens is 252 g/mol. The Hall–Kier alpha value is -0.320. The summed E-state index contributed by atoms with van der Waals surface area (Å²) in [5, 5.41) is 3.38. The first kappa shape index (κ1) is 17.7. The molecule has 1 N–H and O–H groups in total. The van der Waals surface area contributed by atoms with Gasteiger partial charge in [0.05, 0.1) is 12.1 Å². The van der Waals surface area contributed by atoms with E-state index in [0.29, 0.717) is 12.5 Å². The average Bonchev–Trinajstić information content (AvgIpc) is 2.78. The first-order valence-electron chi connectivity index (χ1n) is 6.55. The minimum atomic E-state index is -0.304. The van der Waals surface area contributed by atoms with Crippen molar-refractivity contribution in [3.8, 4) is 0 Å². The Morgan fingerprint density at radius 1 is 1.56 bits per heavy atom. The van der Waals surface area contributed by atoms with E-state index >= 15 is 0 Å². The van der Waals surface area contributed by atoms with Crippen LogP contribution in [0, 0.1) is 5.92 Å². The number of carbonyl (C=O) groups excluding carboxylic acids is 1. The zero-order chi connectivity index (χ0) is 12.9. The highest BCUT2D eigenvalue weighted by Gasteiger charge is 2.40. The minimum Gasteiger partial charge on any atom is -0.384 e. The molecule has 0 saturated carbocycles. The lowest BCUT2D eigenvalue weighted by Crippen LogP contribution is -2.54. The van der Waals surface area contributed by atoms with E-state index in [-0.39, 0.29) is 23.9 Å². The van der Waals surface area contributed by atoms with Crippen LogP contribution >= 0.6 is 12.4 Å². The van der Waals surface area contributed by atoms with Crippen LogP contribution in [0.1, 0.15) is 33.1 Å². The third-order valence-electron chi connectivity index (χ3n) is 3.64. The van der Waals surface area contributed by atoms with Crippen molar-refractivity contribution in [3.63, 3.8) is 0 Å². The van der Waals surface area contributed by atoms with E-state index in [4.69, 9.17) is 4.74 Å². The molecule has 0 aromatic carbocycles. The zero-order valence-electron chi connectivity index (χ0n) is 12.0. The number of nitrogens with zero attached hydrogens (tertiary/aromatic N) is 1. The van der Waals surface area contributed by atoms with E-state index in [2.05, 4.69) is 19.2 Å². The number of rotatable bonds is 6. The molecule has 1 fully saturated rings.